The van der Waals surface area contributed by atoms with Gasteiger partial charge in [-0.1, -0.05) is 42.5 Å². The summed E-state index contributed by atoms with van der Waals surface area (Å²) in [4.78, 5) is 17.7. The van der Waals surface area contributed by atoms with Gasteiger partial charge in [-0.05, 0) is 47.5 Å². The van der Waals surface area contributed by atoms with Gasteiger partial charge in [-0.2, -0.15) is 0 Å². The summed E-state index contributed by atoms with van der Waals surface area (Å²) in [6, 6.07) is 19.1. The number of nitrogen functional groups attached to an aromatic ring is 1. The number of fused-ring (bicyclic) bond motifs is 1. The SMILES string of the molecule is CCOC(=O)c1cnc(N)c2c(CSc3cccc(Cc4ccccc4)c3)csc12. The minimum Gasteiger partial charge on any atom is -0.462 e. The van der Waals surface area contributed by atoms with Crippen LogP contribution in [0.1, 0.15) is 34.0 Å². The lowest BCUT2D eigenvalue weighted by Gasteiger charge is -2.07. The highest BCUT2D eigenvalue weighted by Crippen LogP contribution is 2.36. The van der Waals surface area contributed by atoms with E-state index in [1.807, 2.05) is 6.07 Å². The number of nitrogens with zero attached hydrogens (tertiary/aromatic N) is 1. The van der Waals surface area contributed by atoms with Crippen molar-refractivity contribution in [2.75, 3.05) is 12.3 Å². The Morgan fingerprint density at radius 1 is 1.13 bits per heavy atom. The zero-order valence-corrected chi connectivity index (χ0v) is 18.3. The quantitative estimate of drug-likeness (QED) is 0.288. The second-order valence-electron chi connectivity index (χ2n) is 6.84. The number of nitrogens with two attached hydrogens (primary N) is 1. The van der Waals surface area contributed by atoms with Gasteiger partial charge in [0, 0.05) is 22.2 Å². The molecule has 2 N–H and O–H groups in total. The van der Waals surface area contributed by atoms with E-state index in [2.05, 4.69) is 58.9 Å². The topological polar surface area (TPSA) is 65.2 Å². The van der Waals surface area contributed by atoms with Crippen LogP contribution < -0.4 is 5.73 Å². The third kappa shape index (κ3) is 4.50. The van der Waals surface area contributed by atoms with Crippen molar-refractivity contribution in [3.8, 4) is 0 Å². The number of carbonyl (C=O) groups is 1. The van der Waals surface area contributed by atoms with Gasteiger partial charge in [-0.15, -0.1) is 23.1 Å². The maximum Gasteiger partial charge on any atom is 0.341 e. The van der Waals surface area contributed by atoms with E-state index in [1.54, 1.807) is 18.7 Å². The zero-order valence-electron chi connectivity index (χ0n) is 16.6. The Morgan fingerprint density at radius 2 is 1.93 bits per heavy atom. The van der Waals surface area contributed by atoms with E-state index < -0.39 is 0 Å². The monoisotopic (exact) mass is 434 g/mol. The van der Waals surface area contributed by atoms with Crippen LogP contribution in [0.4, 0.5) is 5.82 Å². The van der Waals surface area contributed by atoms with Crippen molar-refractivity contribution in [2.45, 2.75) is 24.0 Å². The van der Waals surface area contributed by atoms with Crippen LogP contribution in [0.3, 0.4) is 0 Å². The number of benzene rings is 2. The fourth-order valence-corrected chi connectivity index (χ4v) is 5.47. The van der Waals surface area contributed by atoms with Gasteiger partial charge >= 0.3 is 5.97 Å². The Balaban J connectivity index is 1.53. The van der Waals surface area contributed by atoms with Gasteiger partial charge < -0.3 is 10.5 Å². The van der Waals surface area contributed by atoms with Crippen molar-refractivity contribution in [2.24, 2.45) is 0 Å². The lowest BCUT2D eigenvalue weighted by atomic mass is 10.1. The lowest BCUT2D eigenvalue weighted by Crippen LogP contribution is -2.06. The molecule has 0 fully saturated rings. The Hall–Kier alpha value is -2.83. The number of aromatic nitrogens is 1. The molecule has 4 rings (SSSR count). The summed E-state index contributed by atoms with van der Waals surface area (Å²) in [6.07, 6.45) is 2.42. The van der Waals surface area contributed by atoms with E-state index in [0.29, 0.717) is 18.0 Å². The van der Waals surface area contributed by atoms with Gasteiger partial charge in [0.2, 0.25) is 0 Å². The molecule has 0 aliphatic carbocycles. The summed E-state index contributed by atoms with van der Waals surface area (Å²) in [5.41, 5.74) is 10.3. The molecule has 0 unspecified atom stereocenters. The van der Waals surface area contributed by atoms with Crippen molar-refractivity contribution >= 4 is 45.0 Å². The summed E-state index contributed by atoms with van der Waals surface area (Å²) < 4.78 is 6.00. The molecule has 0 radical (unpaired) electrons. The number of thioether (sulfide) groups is 1. The largest absolute Gasteiger partial charge is 0.462 e. The maximum absolute atomic E-state index is 12.2. The maximum atomic E-state index is 12.2. The van der Waals surface area contributed by atoms with Gasteiger partial charge in [0.05, 0.1) is 16.9 Å². The average molecular weight is 435 g/mol. The highest BCUT2D eigenvalue weighted by Gasteiger charge is 2.18. The number of carbonyl (C=O) groups excluding carboxylic acids is 1. The first-order chi connectivity index (χ1) is 14.7. The van der Waals surface area contributed by atoms with E-state index in [1.165, 1.54) is 33.6 Å². The van der Waals surface area contributed by atoms with Crippen LogP contribution in [0.5, 0.6) is 0 Å². The van der Waals surface area contributed by atoms with E-state index in [9.17, 15) is 4.79 Å². The number of ether oxygens (including phenoxy) is 1. The molecule has 0 saturated heterocycles. The smallest absolute Gasteiger partial charge is 0.341 e. The summed E-state index contributed by atoms with van der Waals surface area (Å²) in [5.74, 6) is 0.852. The number of pyridine rings is 1. The van der Waals surface area contributed by atoms with Crippen LogP contribution in [0.25, 0.3) is 10.1 Å². The zero-order chi connectivity index (χ0) is 20.9. The minimum absolute atomic E-state index is 0.331. The molecule has 4 aromatic rings. The molecule has 0 aliphatic rings. The van der Waals surface area contributed by atoms with Gasteiger partial charge in [-0.25, -0.2) is 9.78 Å². The van der Waals surface area contributed by atoms with E-state index in [4.69, 9.17) is 10.5 Å². The fraction of sp³-hybridized carbons (Fsp3) is 0.167. The van der Waals surface area contributed by atoms with Gasteiger partial charge in [0.25, 0.3) is 0 Å². The Labute approximate surface area is 184 Å². The first-order valence-corrected chi connectivity index (χ1v) is 11.6. The first-order valence-electron chi connectivity index (χ1n) is 9.73. The molecule has 0 saturated carbocycles. The summed E-state index contributed by atoms with van der Waals surface area (Å²) in [5, 5.41) is 2.92. The minimum atomic E-state index is -0.357. The van der Waals surface area contributed by atoms with Gasteiger partial charge in [0.1, 0.15) is 5.82 Å². The summed E-state index contributed by atoms with van der Waals surface area (Å²) in [7, 11) is 0. The van der Waals surface area contributed by atoms with Gasteiger partial charge in [-0.3, -0.25) is 0 Å². The third-order valence-electron chi connectivity index (χ3n) is 4.74. The highest BCUT2D eigenvalue weighted by atomic mass is 32.2. The number of rotatable bonds is 7. The van der Waals surface area contributed by atoms with Crippen LogP contribution in [-0.2, 0) is 16.9 Å². The number of anilines is 1. The number of esters is 1. The molecule has 2 heterocycles. The molecular weight excluding hydrogens is 412 g/mol. The second kappa shape index (κ2) is 9.32. The molecule has 2 aromatic heterocycles. The molecule has 0 amide bonds. The van der Waals surface area contributed by atoms with Crippen molar-refractivity contribution in [3.63, 3.8) is 0 Å². The summed E-state index contributed by atoms with van der Waals surface area (Å²) >= 11 is 3.27. The van der Waals surface area contributed by atoms with Gasteiger partial charge in [0.15, 0.2) is 0 Å². The molecule has 152 valence electrons. The molecule has 4 nitrogen and oxygen atoms in total. The Morgan fingerprint density at radius 3 is 2.73 bits per heavy atom. The Bertz CT molecular complexity index is 1170. The first kappa shape index (κ1) is 20.4. The molecular formula is C24H22N2O2S2. The molecule has 0 atom stereocenters. The van der Waals surface area contributed by atoms with Crippen molar-refractivity contribution in [3.05, 3.63) is 88.4 Å². The number of thiophene rings is 1. The van der Waals surface area contributed by atoms with Crippen molar-refractivity contribution in [1.29, 1.82) is 0 Å². The predicted molar refractivity (Wildman–Crippen MR) is 125 cm³/mol. The molecule has 0 aliphatic heterocycles. The standard InChI is InChI=1S/C24H22N2O2S2/c1-2-28-24(27)20-13-26-23(25)21-18(15-30-22(20)21)14-29-19-10-6-9-17(12-19)11-16-7-4-3-5-8-16/h3-10,12-13,15H,2,11,14H2,1H3,(H2,25,26). The molecule has 6 heteroatoms. The van der Waals surface area contributed by atoms with E-state index >= 15 is 0 Å². The van der Waals surface area contributed by atoms with Crippen LogP contribution in [0.15, 0.2) is 71.1 Å². The molecule has 0 spiro atoms. The van der Waals surface area contributed by atoms with Crippen LogP contribution in [-0.4, -0.2) is 17.6 Å². The van der Waals surface area contributed by atoms with Crippen molar-refractivity contribution in [1.82, 2.24) is 4.98 Å². The van der Waals surface area contributed by atoms with Crippen LogP contribution in [0.2, 0.25) is 0 Å². The average Bonchev–Trinajstić information content (AvgIpc) is 3.19. The van der Waals surface area contributed by atoms with Crippen LogP contribution >= 0.6 is 23.1 Å². The van der Waals surface area contributed by atoms with E-state index in [0.717, 1.165) is 27.8 Å². The molecule has 0 bridgehead atoms. The Kier molecular flexibility index (Phi) is 6.35. The second-order valence-corrected chi connectivity index (χ2v) is 8.77. The number of hydrogen-bond donors (Lipinski definition) is 1. The molecule has 2 aromatic carbocycles. The van der Waals surface area contributed by atoms with Crippen LogP contribution in [0, 0.1) is 0 Å². The highest BCUT2D eigenvalue weighted by molar-refractivity contribution is 7.98. The normalized spacial score (nSPS) is 11.0. The third-order valence-corrected chi connectivity index (χ3v) is 6.84. The van der Waals surface area contributed by atoms with Crippen molar-refractivity contribution < 1.29 is 9.53 Å². The van der Waals surface area contributed by atoms with E-state index in [-0.39, 0.29) is 5.97 Å². The summed E-state index contributed by atoms with van der Waals surface area (Å²) in [6.45, 7) is 2.13. The number of hydrogen-bond acceptors (Lipinski definition) is 6. The molecule has 30 heavy (non-hydrogen) atoms. The lowest BCUT2D eigenvalue weighted by molar-refractivity contribution is 0.0528. The predicted octanol–water partition coefficient (Wildman–Crippen LogP) is 5.94. The fourth-order valence-electron chi connectivity index (χ4n) is 3.33.